The Labute approximate surface area is 96.7 Å². The van der Waals surface area contributed by atoms with Crippen molar-refractivity contribution in [2.75, 3.05) is 0 Å². The van der Waals surface area contributed by atoms with Gasteiger partial charge in [0.2, 0.25) is 0 Å². The summed E-state index contributed by atoms with van der Waals surface area (Å²) in [7, 11) is 0. The third-order valence-corrected chi connectivity index (χ3v) is 1.87. The lowest BCUT2D eigenvalue weighted by atomic mass is 10.0. The van der Waals surface area contributed by atoms with E-state index < -0.39 is 17.8 Å². The second-order valence-electron chi connectivity index (χ2n) is 3.24. The lowest BCUT2D eigenvalue weighted by Crippen LogP contribution is -2.03. The Balaban J connectivity index is 3.00. The van der Waals surface area contributed by atoms with Crippen LogP contribution in [0.15, 0.2) is 18.2 Å². The Hall–Kier alpha value is -2.35. The van der Waals surface area contributed by atoms with Crippen molar-refractivity contribution >= 4 is 11.9 Å². The molecule has 88 valence electrons. The minimum Gasteiger partial charge on any atom is -0.481 e. The Morgan fingerprint density at radius 1 is 1.24 bits per heavy atom. The summed E-state index contributed by atoms with van der Waals surface area (Å²) in [6.45, 7) is 0. The molecule has 0 spiro atoms. The summed E-state index contributed by atoms with van der Waals surface area (Å²) < 4.78 is 12.9. The Kier molecular flexibility index (Phi) is 4.23. The summed E-state index contributed by atoms with van der Waals surface area (Å²) in [5.41, 5.74) is 0.561. The molecule has 4 nitrogen and oxygen atoms in total. The molecule has 1 aromatic rings. The zero-order valence-corrected chi connectivity index (χ0v) is 8.74. The number of carbonyl (C=O) groups is 2. The number of carboxylic acids is 2. The molecule has 0 bridgehead atoms. The molecule has 0 radical (unpaired) electrons. The Morgan fingerprint density at radius 3 is 2.53 bits per heavy atom. The molecular weight excluding hydrogens is 227 g/mol. The van der Waals surface area contributed by atoms with E-state index in [0.717, 1.165) is 12.1 Å². The monoisotopic (exact) mass is 236 g/mol. The molecular formula is C12H9FO4. The van der Waals surface area contributed by atoms with Gasteiger partial charge >= 0.3 is 11.9 Å². The molecule has 1 aromatic carbocycles. The molecule has 1 rings (SSSR count). The van der Waals surface area contributed by atoms with Crippen molar-refractivity contribution in [2.45, 2.75) is 12.8 Å². The van der Waals surface area contributed by atoms with E-state index in [2.05, 4.69) is 11.8 Å². The van der Waals surface area contributed by atoms with Crippen molar-refractivity contribution in [2.24, 2.45) is 0 Å². The Bertz CT molecular complexity index is 511. The van der Waals surface area contributed by atoms with Gasteiger partial charge < -0.3 is 10.2 Å². The van der Waals surface area contributed by atoms with E-state index in [-0.39, 0.29) is 18.4 Å². The molecule has 0 atom stereocenters. The molecule has 0 unspecified atom stereocenters. The van der Waals surface area contributed by atoms with Crippen LogP contribution in [0.4, 0.5) is 4.39 Å². The molecule has 0 fully saturated rings. The molecule has 5 heteroatoms. The number of benzene rings is 1. The predicted octanol–water partition coefficient (Wildman–Crippen LogP) is 1.28. The van der Waals surface area contributed by atoms with Crippen LogP contribution in [0.3, 0.4) is 0 Å². The molecule has 2 N–H and O–H groups in total. The summed E-state index contributed by atoms with van der Waals surface area (Å²) in [5.74, 6) is 2.16. The van der Waals surface area contributed by atoms with E-state index in [9.17, 15) is 14.0 Å². The Morgan fingerprint density at radius 2 is 1.94 bits per heavy atom. The third kappa shape index (κ3) is 4.34. The number of carboxylic acid groups (broad SMARTS) is 2. The van der Waals surface area contributed by atoms with Gasteiger partial charge in [-0.3, -0.25) is 9.59 Å². The summed E-state index contributed by atoms with van der Waals surface area (Å²) in [5, 5.41) is 17.0. The summed E-state index contributed by atoms with van der Waals surface area (Å²) in [6.07, 6.45) is -0.696. The quantitative estimate of drug-likeness (QED) is 0.775. The lowest BCUT2D eigenvalue weighted by molar-refractivity contribution is -0.137. The van der Waals surface area contributed by atoms with E-state index in [0.29, 0.717) is 5.56 Å². The van der Waals surface area contributed by atoms with Crippen LogP contribution < -0.4 is 0 Å². The molecule has 0 aromatic heterocycles. The average molecular weight is 236 g/mol. The van der Waals surface area contributed by atoms with E-state index in [4.69, 9.17) is 10.2 Å². The normalized spacial score (nSPS) is 9.24. The first kappa shape index (κ1) is 12.7. The summed E-state index contributed by atoms with van der Waals surface area (Å²) in [6, 6.07) is 3.57. The minimum absolute atomic E-state index is 0.232. The third-order valence-electron chi connectivity index (χ3n) is 1.87. The van der Waals surface area contributed by atoms with E-state index >= 15 is 0 Å². The zero-order chi connectivity index (χ0) is 12.8. The molecule has 0 saturated carbocycles. The fourth-order valence-corrected chi connectivity index (χ4v) is 1.21. The molecule has 0 aliphatic carbocycles. The van der Waals surface area contributed by atoms with Crippen molar-refractivity contribution in [3.05, 3.63) is 35.1 Å². The average Bonchev–Trinajstić information content (AvgIpc) is 2.20. The maximum Gasteiger partial charge on any atom is 0.315 e. The zero-order valence-electron chi connectivity index (χ0n) is 8.74. The van der Waals surface area contributed by atoms with Crippen molar-refractivity contribution in [3.8, 4) is 11.8 Å². The van der Waals surface area contributed by atoms with E-state index in [1.807, 2.05) is 0 Å². The minimum atomic E-state index is -1.10. The fourth-order valence-electron chi connectivity index (χ4n) is 1.21. The number of hydrogen-bond donors (Lipinski definition) is 2. The van der Waals surface area contributed by atoms with Gasteiger partial charge in [0.15, 0.2) is 0 Å². The standard InChI is InChI=1S/C12H9FO4/c13-10-5-4-8(2-1-3-11(14)15)9(6-10)7-12(16)17/h4-6H,3,7H2,(H,14,15)(H,16,17). The van der Waals surface area contributed by atoms with Crippen LogP contribution in [-0.4, -0.2) is 22.2 Å². The van der Waals surface area contributed by atoms with Gasteiger partial charge in [0.05, 0.1) is 6.42 Å². The van der Waals surface area contributed by atoms with E-state index in [1.165, 1.54) is 6.07 Å². The molecule has 0 amide bonds. The summed E-state index contributed by atoms with van der Waals surface area (Å²) >= 11 is 0. The first-order valence-corrected chi connectivity index (χ1v) is 4.70. The molecule has 0 aliphatic rings. The van der Waals surface area contributed by atoms with Gasteiger partial charge in [-0.1, -0.05) is 11.8 Å². The molecule has 17 heavy (non-hydrogen) atoms. The maximum atomic E-state index is 12.9. The van der Waals surface area contributed by atoms with Crippen molar-refractivity contribution in [1.82, 2.24) is 0 Å². The van der Waals surface area contributed by atoms with Crippen LogP contribution in [0.1, 0.15) is 17.5 Å². The molecule has 0 saturated heterocycles. The van der Waals surface area contributed by atoms with Gasteiger partial charge in [-0.15, -0.1) is 0 Å². The van der Waals surface area contributed by atoms with Gasteiger partial charge in [-0.2, -0.15) is 0 Å². The second kappa shape index (κ2) is 5.66. The number of aliphatic carboxylic acids is 2. The van der Waals surface area contributed by atoms with Crippen LogP contribution in [0.25, 0.3) is 0 Å². The molecule has 0 aliphatic heterocycles. The maximum absolute atomic E-state index is 12.9. The highest BCUT2D eigenvalue weighted by Gasteiger charge is 2.06. The lowest BCUT2D eigenvalue weighted by Gasteiger charge is -2.01. The first-order valence-electron chi connectivity index (χ1n) is 4.70. The van der Waals surface area contributed by atoms with Gasteiger partial charge in [0.1, 0.15) is 12.2 Å². The fraction of sp³-hybridized carbons (Fsp3) is 0.167. The topological polar surface area (TPSA) is 74.6 Å². The number of hydrogen-bond acceptors (Lipinski definition) is 2. The van der Waals surface area contributed by atoms with Gasteiger partial charge in [0.25, 0.3) is 0 Å². The number of halogens is 1. The van der Waals surface area contributed by atoms with Crippen molar-refractivity contribution in [1.29, 1.82) is 0 Å². The van der Waals surface area contributed by atoms with Crippen LogP contribution in [0, 0.1) is 17.7 Å². The smallest absolute Gasteiger partial charge is 0.315 e. The summed E-state index contributed by atoms with van der Waals surface area (Å²) in [4.78, 5) is 20.8. The van der Waals surface area contributed by atoms with E-state index in [1.54, 1.807) is 0 Å². The van der Waals surface area contributed by atoms with Crippen LogP contribution in [0.5, 0.6) is 0 Å². The van der Waals surface area contributed by atoms with Gasteiger partial charge in [-0.25, -0.2) is 4.39 Å². The predicted molar refractivity (Wildman–Crippen MR) is 56.9 cm³/mol. The van der Waals surface area contributed by atoms with Crippen molar-refractivity contribution < 1.29 is 24.2 Å². The van der Waals surface area contributed by atoms with Gasteiger partial charge in [-0.05, 0) is 23.8 Å². The van der Waals surface area contributed by atoms with Crippen molar-refractivity contribution in [3.63, 3.8) is 0 Å². The highest BCUT2D eigenvalue weighted by atomic mass is 19.1. The first-order chi connectivity index (χ1) is 7.99. The highest BCUT2D eigenvalue weighted by molar-refractivity contribution is 5.72. The largest absolute Gasteiger partial charge is 0.481 e. The van der Waals surface area contributed by atoms with Crippen LogP contribution in [0.2, 0.25) is 0 Å². The second-order valence-corrected chi connectivity index (χ2v) is 3.24. The molecule has 0 heterocycles. The SMILES string of the molecule is O=C(O)CC#Cc1ccc(F)cc1CC(=O)O. The highest BCUT2D eigenvalue weighted by Crippen LogP contribution is 2.11. The van der Waals surface area contributed by atoms with Crippen LogP contribution in [-0.2, 0) is 16.0 Å². The van der Waals surface area contributed by atoms with Gasteiger partial charge in [0, 0.05) is 5.56 Å². The number of rotatable bonds is 3. The van der Waals surface area contributed by atoms with Crippen LogP contribution >= 0.6 is 0 Å².